The largest absolute Gasteiger partial charge is 0.493 e. The average Bonchev–Trinajstić information content (AvgIpc) is 3.20. The third-order valence-electron chi connectivity index (χ3n) is 4.43. The number of rotatable bonds is 4. The second-order valence-corrected chi connectivity index (χ2v) is 8.45. The van der Waals surface area contributed by atoms with Crippen molar-refractivity contribution < 1.29 is 9.53 Å². The molecule has 134 valence electrons. The molecule has 0 unspecified atom stereocenters. The fourth-order valence-corrected chi connectivity index (χ4v) is 5.15. The molecular formula is C20H20N2O2S2. The number of aliphatic imine (C=N–C) groups is 1. The van der Waals surface area contributed by atoms with E-state index in [1.165, 1.54) is 0 Å². The van der Waals surface area contributed by atoms with Gasteiger partial charge in [-0.05, 0) is 17.7 Å². The molecule has 2 heterocycles. The molecule has 0 aliphatic carbocycles. The second-order valence-electron chi connectivity index (χ2n) is 6.14. The Hall–Kier alpha value is -1.92. The highest BCUT2D eigenvalue weighted by atomic mass is 32.2. The van der Waals surface area contributed by atoms with Crippen molar-refractivity contribution in [2.75, 3.05) is 18.9 Å². The van der Waals surface area contributed by atoms with Gasteiger partial charge in [0.2, 0.25) is 0 Å². The van der Waals surface area contributed by atoms with Gasteiger partial charge in [0.25, 0.3) is 5.91 Å². The summed E-state index contributed by atoms with van der Waals surface area (Å²) in [7, 11) is 0. The fraction of sp³-hybridized carbons (Fsp3) is 0.300. The van der Waals surface area contributed by atoms with Gasteiger partial charge in [0.05, 0.1) is 19.2 Å². The molecule has 2 aromatic rings. The van der Waals surface area contributed by atoms with E-state index >= 15 is 0 Å². The molecule has 0 saturated heterocycles. The predicted molar refractivity (Wildman–Crippen MR) is 109 cm³/mol. The smallest absolute Gasteiger partial charge is 0.252 e. The van der Waals surface area contributed by atoms with Crippen molar-refractivity contribution in [1.82, 2.24) is 5.32 Å². The predicted octanol–water partition coefficient (Wildman–Crippen LogP) is 4.28. The SMILES string of the molecule is O=C(N[C@H]1CCOc2ccccc21)c1ccccc1CSC1=NCCS1. The number of nitrogens with zero attached hydrogens (tertiary/aromatic N) is 1. The Labute approximate surface area is 161 Å². The summed E-state index contributed by atoms with van der Waals surface area (Å²) in [4.78, 5) is 17.4. The van der Waals surface area contributed by atoms with Crippen molar-refractivity contribution in [2.45, 2.75) is 18.2 Å². The molecular weight excluding hydrogens is 364 g/mol. The first kappa shape index (κ1) is 17.5. The lowest BCUT2D eigenvalue weighted by molar-refractivity contribution is 0.0924. The standard InChI is InChI=1S/C20H20N2O2S2/c23-19(22-17-9-11-24-18-8-4-3-7-16(17)18)15-6-2-1-5-14(15)13-26-20-21-10-12-25-20/h1-8,17H,9-13H2,(H,22,23)/t17-/m0/s1. The minimum absolute atomic E-state index is 0.0112. The third-order valence-corrected chi connectivity index (χ3v) is 6.74. The maximum Gasteiger partial charge on any atom is 0.252 e. The number of fused-ring (bicyclic) bond motifs is 1. The monoisotopic (exact) mass is 384 g/mol. The third kappa shape index (κ3) is 3.91. The second kappa shape index (κ2) is 8.18. The quantitative estimate of drug-likeness (QED) is 0.855. The van der Waals surface area contributed by atoms with E-state index in [-0.39, 0.29) is 11.9 Å². The molecule has 1 atom stereocenters. The van der Waals surface area contributed by atoms with Gasteiger partial charge in [-0.3, -0.25) is 9.79 Å². The number of hydrogen-bond acceptors (Lipinski definition) is 5. The highest BCUT2D eigenvalue weighted by Crippen LogP contribution is 2.32. The van der Waals surface area contributed by atoms with Gasteiger partial charge >= 0.3 is 0 Å². The topological polar surface area (TPSA) is 50.7 Å². The van der Waals surface area contributed by atoms with Crippen molar-refractivity contribution >= 4 is 33.8 Å². The van der Waals surface area contributed by atoms with Gasteiger partial charge in [-0.2, -0.15) is 0 Å². The summed E-state index contributed by atoms with van der Waals surface area (Å²) in [5.41, 5.74) is 2.84. The Morgan fingerprint density at radius 1 is 1.23 bits per heavy atom. The molecule has 0 aromatic heterocycles. The lowest BCUT2D eigenvalue weighted by Crippen LogP contribution is -2.32. The van der Waals surface area contributed by atoms with Crippen LogP contribution in [0.25, 0.3) is 0 Å². The molecule has 1 N–H and O–H groups in total. The van der Waals surface area contributed by atoms with Crippen molar-refractivity contribution in [3.8, 4) is 5.75 Å². The van der Waals surface area contributed by atoms with Crippen LogP contribution >= 0.6 is 23.5 Å². The number of nitrogens with one attached hydrogen (secondary N) is 1. The Balaban J connectivity index is 1.48. The molecule has 2 aliphatic rings. The number of hydrogen-bond donors (Lipinski definition) is 1. The van der Waals surface area contributed by atoms with Gasteiger partial charge in [-0.1, -0.05) is 59.9 Å². The van der Waals surface area contributed by atoms with Gasteiger partial charge in [-0.25, -0.2) is 0 Å². The molecule has 0 spiro atoms. The van der Waals surface area contributed by atoms with Crippen LogP contribution in [0.5, 0.6) is 5.75 Å². The Morgan fingerprint density at radius 2 is 2.08 bits per heavy atom. The van der Waals surface area contributed by atoms with Crippen LogP contribution in [0, 0.1) is 0 Å². The van der Waals surface area contributed by atoms with Crippen molar-refractivity contribution in [1.29, 1.82) is 0 Å². The molecule has 2 aliphatic heterocycles. The van der Waals surface area contributed by atoms with E-state index in [0.29, 0.717) is 6.61 Å². The molecule has 6 heteroatoms. The Kier molecular flexibility index (Phi) is 5.51. The molecule has 1 amide bonds. The van der Waals surface area contributed by atoms with Crippen molar-refractivity contribution in [3.63, 3.8) is 0 Å². The molecule has 4 rings (SSSR count). The summed E-state index contributed by atoms with van der Waals surface area (Å²) in [5.74, 6) is 2.67. The van der Waals surface area contributed by atoms with Crippen LogP contribution < -0.4 is 10.1 Å². The summed E-state index contributed by atoms with van der Waals surface area (Å²) in [6.07, 6.45) is 0.785. The first-order valence-corrected chi connectivity index (χ1v) is 10.7. The van der Waals surface area contributed by atoms with E-state index in [9.17, 15) is 4.79 Å². The highest BCUT2D eigenvalue weighted by Gasteiger charge is 2.24. The molecule has 26 heavy (non-hydrogen) atoms. The van der Waals surface area contributed by atoms with E-state index in [0.717, 1.165) is 51.3 Å². The van der Waals surface area contributed by atoms with Crippen LogP contribution in [0.15, 0.2) is 53.5 Å². The van der Waals surface area contributed by atoms with Crippen LogP contribution in [0.2, 0.25) is 0 Å². The minimum atomic E-state index is -0.0242. The highest BCUT2D eigenvalue weighted by molar-refractivity contribution is 8.38. The zero-order chi connectivity index (χ0) is 17.8. The molecule has 4 nitrogen and oxygen atoms in total. The summed E-state index contributed by atoms with van der Waals surface area (Å²) in [6, 6.07) is 15.7. The number of para-hydroxylation sites is 1. The van der Waals surface area contributed by atoms with Crippen LogP contribution in [-0.4, -0.2) is 29.2 Å². The minimum Gasteiger partial charge on any atom is -0.493 e. The summed E-state index contributed by atoms with van der Waals surface area (Å²) in [6.45, 7) is 1.52. The van der Waals surface area contributed by atoms with E-state index in [1.54, 1.807) is 23.5 Å². The number of thioether (sulfide) groups is 2. The number of ether oxygens (including phenoxy) is 1. The van der Waals surface area contributed by atoms with E-state index in [2.05, 4.69) is 10.3 Å². The summed E-state index contributed by atoms with van der Waals surface area (Å²) in [5, 5.41) is 3.20. The Bertz CT molecular complexity index is 838. The van der Waals surface area contributed by atoms with Crippen LogP contribution in [-0.2, 0) is 5.75 Å². The van der Waals surface area contributed by atoms with Crippen molar-refractivity contribution in [3.05, 3.63) is 65.2 Å². The zero-order valence-corrected chi connectivity index (χ0v) is 15.9. The van der Waals surface area contributed by atoms with Gasteiger partial charge in [0, 0.05) is 29.1 Å². The number of carbonyl (C=O) groups excluding carboxylic acids is 1. The van der Waals surface area contributed by atoms with E-state index in [1.807, 2.05) is 48.5 Å². The van der Waals surface area contributed by atoms with Crippen LogP contribution in [0.1, 0.15) is 33.9 Å². The molecule has 0 radical (unpaired) electrons. The molecule has 0 bridgehead atoms. The molecule has 0 fully saturated rings. The first-order valence-electron chi connectivity index (χ1n) is 8.72. The van der Waals surface area contributed by atoms with Gasteiger partial charge in [0.15, 0.2) is 0 Å². The summed E-state index contributed by atoms with van der Waals surface area (Å²) >= 11 is 3.51. The fourth-order valence-electron chi connectivity index (χ4n) is 3.14. The lowest BCUT2D eigenvalue weighted by Gasteiger charge is -2.27. The normalized spacial score (nSPS) is 18.6. The van der Waals surface area contributed by atoms with Crippen LogP contribution in [0.4, 0.5) is 0 Å². The number of benzene rings is 2. The number of amides is 1. The van der Waals surface area contributed by atoms with E-state index < -0.39 is 0 Å². The first-order chi connectivity index (χ1) is 12.8. The zero-order valence-electron chi connectivity index (χ0n) is 14.3. The maximum atomic E-state index is 12.9. The molecule has 0 saturated carbocycles. The van der Waals surface area contributed by atoms with Gasteiger partial charge in [-0.15, -0.1) is 0 Å². The van der Waals surface area contributed by atoms with Gasteiger partial charge < -0.3 is 10.1 Å². The van der Waals surface area contributed by atoms with Crippen molar-refractivity contribution in [2.24, 2.45) is 4.99 Å². The van der Waals surface area contributed by atoms with E-state index in [4.69, 9.17) is 4.74 Å². The Morgan fingerprint density at radius 3 is 2.96 bits per heavy atom. The van der Waals surface area contributed by atoms with Crippen LogP contribution in [0.3, 0.4) is 0 Å². The van der Waals surface area contributed by atoms with Gasteiger partial charge in [0.1, 0.15) is 10.1 Å². The number of carbonyl (C=O) groups is 1. The average molecular weight is 385 g/mol. The lowest BCUT2D eigenvalue weighted by atomic mass is 9.99. The molecule has 2 aromatic carbocycles. The summed E-state index contributed by atoms with van der Waals surface area (Å²) < 4.78 is 6.81. The maximum absolute atomic E-state index is 12.9.